The molecule has 0 aliphatic carbocycles. The van der Waals surface area contributed by atoms with E-state index in [2.05, 4.69) is 24.8 Å². The maximum Gasteiger partial charge on any atom is 0.223 e. The molecule has 3 heterocycles. The van der Waals surface area contributed by atoms with Crippen molar-refractivity contribution in [1.29, 1.82) is 0 Å². The highest BCUT2D eigenvalue weighted by Gasteiger charge is 2.20. The van der Waals surface area contributed by atoms with E-state index in [0.717, 1.165) is 22.7 Å². The van der Waals surface area contributed by atoms with Gasteiger partial charge in [-0.1, -0.05) is 5.16 Å². The number of hydrogen-bond donors (Lipinski definition) is 0. The highest BCUT2D eigenvalue weighted by molar-refractivity contribution is 6.20. The molecule has 112 valence electrons. The molecule has 0 fully saturated rings. The van der Waals surface area contributed by atoms with Crippen molar-refractivity contribution in [1.82, 2.24) is 29.5 Å². The standard InChI is InChI=1S/C13H17ClN6O/c1-7(14)12-16-11-8(2)17-19(4)13(11)20(12)6-5-10-15-9(3)21-18-10/h7H,5-6H2,1-4H3. The predicted octanol–water partition coefficient (Wildman–Crippen LogP) is 2.31. The normalized spacial score (nSPS) is 13.2. The molecule has 3 aromatic rings. The Balaban J connectivity index is 2.00. The minimum Gasteiger partial charge on any atom is -0.340 e. The van der Waals surface area contributed by atoms with E-state index in [1.807, 2.05) is 25.6 Å². The molecule has 0 N–H and O–H groups in total. The van der Waals surface area contributed by atoms with Gasteiger partial charge in [0.1, 0.15) is 11.3 Å². The summed E-state index contributed by atoms with van der Waals surface area (Å²) >= 11 is 6.26. The Bertz CT molecular complexity index is 784. The molecule has 1 atom stereocenters. The number of fused-ring (bicyclic) bond motifs is 1. The summed E-state index contributed by atoms with van der Waals surface area (Å²) in [5.41, 5.74) is 2.76. The van der Waals surface area contributed by atoms with Gasteiger partial charge in [0.2, 0.25) is 5.89 Å². The molecule has 0 amide bonds. The van der Waals surface area contributed by atoms with Crippen molar-refractivity contribution < 1.29 is 4.52 Å². The summed E-state index contributed by atoms with van der Waals surface area (Å²) in [4.78, 5) is 8.86. The molecule has 3 aromatic heterocycles. The molecule has 0 radical (unpaired) electrons. The minimum absolute atomic E-state index is 0.177. The third-order valence-corrected chi connectivity index (χ3v) is 3.60. The Hall–Kier alpha value is -1.89. The minimum atomic E-state index is -0.177. The zero-order valence-corrected chi connectivity index (χ0v) is 13.2. The van der Waals surface area contributed by atoms with Gasteiger partial charge in [0.15, 0.2) is 11.5 Å². The molecule has 0 spiro atoms. The third-order valence-electron chi connectivity index (χ3n) is 3.40. The summed E-state index contributed by atoms with van der Waals surface area (Å²) in [5.74, 6) is 2.09. The first kappa shape index (κ1) is 14.1. The second kappa shape index (κ2) is 5.14. The molecule has 0 aromatic carbocycles. The van der Waals surface area contributed by atoms with Gasteiger partial charge in [0.05, 0.1) is 11.1 Å². The van der Waals surface area contributed by atoms with Crippen LogP contribution < -0.4 is 0 Å². The van der Waals surface area contributed by atoms with E-state index < -0.39 is 0 Å². The molecule has 8 heteroatoms. The van der Waals surface area contributed by atoms with Crippen LogP contribution in [0.4, 0.5) is 0 Å². The van der Waals surface area contributed by atoms with E-state index in [-0.39, 0.29) is 5.38 Å². The van der Waals surface area contributed by atoms with E-state index in [4.69, 9.17) is 16.1 Å². The Morgan fingerprint density at radius 1 is 1.29 bits per heavy atom. The first-order valence-electron chi connectivity index (χ1n) is 6.80. The Labute approximate surface area is 126 Å². The summed E-state index contributed by atoms with van der Waals surface area (Å²) in [5, 5.41) is 8.16. The Morgan fingerprint density at radius 2 is 2.05 bits per heavy atom. The van der Waals surface area contributed by atoms with E-state index in [1.54, 1.807) is 6.92 Å². The van der Waals surface area contributed by atoms with Crippen LogP contribution >= 0.6 is 11.6 Å². The first-order valence-corrected chi connectivity index (χ1v) is 7.24. The Kier molecular flexibility index (Phi) is 3.44. The number of aromatic nitrogens is 6. The molecule has 0 aliphatic rings. The van der Waals surface area contributed by atoms with Crippen LogP contribution in [0, 0.1) is 13.8 Å². The summed E-state index contributed by atoms with van der Waals surface area (Å²) < 4.78 is 8.92. The van der Waals surface area contributed by atoms with Gasteiger partial charge in [-0.05, 0) is 13.8 Å². The fourth-order valence-electron chi connectivity index (χ4n) is 2.53. The van der Waals surface area contributed by atoms with Gasteiger partial charge in [-0.3, -0.25) is 4.68 Å². The van der Waals surface area contributed by atoms with Crippen molar-refractivity contribution in [2.24, 2.45) is 7.05 Å². The summed E-state index contributed by atoms with van der Waals surface area (Å²) in [6.45, 7) is 6.33. The van der Waals surface area contributed by atoms with Crippen LogP contribution in [0.3, 0.4) is 0 Å². The second-order valence-electron chi connectivity index (χ2n) is 5.10. The topological polar surface area (TPSA) is 74.6 Å². The zero-order valence-electron chi connectivity index (χ0n) is 12.5. The molecular formula is C13H17ClN6O. The van der Waals surface area contributed by atoms with Gasteiger partial charge in [0, 0.05) is 26.9 Å². The first-order chi connectivity index (χ1) is 9.97. The lowest BCUT2D eigenvalue weighted by Crippen LogP contribution is -2.10. The molecule has 1 unspecified atom stereocenters. The van der Waals surface area contributed by atoms with Crippen molar-refractivity contribution in [3.05, 3.63) is 23.2 Å². The van der Waals surface area contributed by atoms with Gasteiger partial charge in [-0.15, -0.1) is 11.6 Å². The molecule has 0 aliphatic heterocycles. The lowest BCUT2D eigenvalue weighted by molar-refractivity contribution is 0.386. The lowest BCUT2D eigenvalue weighted by Gasteiger charge is -2.09. The van der Waals surface area contributed by atoms with Crippen molar-refractivity contribution in [2.75, 3.05) is 0 Å². The van der Waals surface area contributed by atoms with Crippen molar-refractivity contribution in [2.45, 2.75) is 39.1 Å². The van der Waals surface area contributed by atoms with Crippen LogP contribution in [-0.2, 0) is 20.0 Å². The van der Waals surface area contributed by atoms with Gasteiger partial charge >= 0.3 is 0 Å². The van der Waals surface area contributed by atoms with Gasteiger partial charge in [-0.25, -0.2) is 4.98 Å². The van der Waals surface area contributed by atoms with E-state index >= 15 is 0 Å². The number of halogens is 1. The molecule has 0 saturated heterocycles. The highest BCUT2D eigenvalue weighted by atomic mass is 35.5. The zero-order chi connectivity index (χ0) is 15.1. The Morgan fingerprint density at radius 3 is 2.67 bits per heavy atom. The van der Waals surface area contributed by atoms with Gasteiger partial charge in [-0.2, -0.15) is 10.1 Å². The van der Waals surface area contributed by atoms with E-state index in [1.165, 1.54) is 0 Å². The molecule has 21 heavy (non-hydrogen) atoms. The van der Waals surface area contributed by atoms with Crippen molar-refractivity contribution in [3.63, 3.8) is 0 Å². The second-order valence-corrected chi connectivity index (χ2v) is 5.75. The molecular weight excluding hydrogens is 292 g/mol. The average molecular weight is 309 g/mol. The maximum absolute atomic E-state index is 6.26. The summed E-state index contributed by atoms with van der Waals surface area (Å²) in [6, 6.07) is 0. The smallest absolute Gasteiger partial charge is 0.223 e. The molecule has 0 bridgehead atoms. The van der Waals surface area contributed by atoms with Crippen molar-refractivity contribution in [3.8, 4) is 0 Å². The van der Waals surface area contributed by atoms with Crippen LogP contribution in [0.25, 0.3) is 11.2 Å². The van der Waals surface area contributed by atoms with Crippen LogP contribution in [0.2, 0.25) is 0 Å². The average Bonchev–Trinajstić information content (AvgIpc) is 3.05. The maximum atomic E-state index is 6.26. The van der Waals surface area contributed by atoms with Crippen LogP contribution in [0.15, 0.2) is 4.52 Å². The predicted molar refractivity (Wildman–Crippen MR) is 78.2 cm³/mol. The molecule has 3 rings (SSSR count). The van der Waals surface area contributed by atoms with Crippen molar-refractivity contribution >= 4 is 22.8 Å². The fourth-order valence-corrected chi connectivity index (χ4v) is 2.70. The number of nitrogens with zero attached hydrogens (tertiary/aromatic N) is 6. The van der Waals surface area contributed by atoms with E-state index in [0.29, 0.717) is 24.7 Å². The number of aryl methyl sites for hydroxylation is 5. The fraction of sp³-hybridized carbons (Fsp3) is 0.538. The highest BCUT2D eigenvalue weighted by Crippen LogP contribution is 2.26. The van der Waals surface area contributed by atoms with Crippen LogP contribution in [-0.4, -0.2) is 29.5 Å². The van der Waals surface area contributed by atoms with Gasteiger partial charge < -0.3 is 9.09 Å². The molecule has 0 saturated carbocycles. The quantitative estimate of drug-likeness (QED) is 0.691. The number of hydrogen-bond acceptors (Lipinski definition) is 5. The summed E-state index contributed by atoms with van der Waals surface area (Å²) in [6.07, 6.45) is 0.656. The molecule has 7 nitrogen and oxygen atoms in total. The number of rotatable bonds is 4. The van der Waals surface area contributed by atoms with Crippen LogP contribution in [0.5, 0.6) is 0 Å². The SMILES string of the molecule is Cc1nc(CCn2c(C(C)Cl)nc3c(C)nn(C)c32)no1. The van der Waals surface area contributed by atoms with E-state index in [9.17, 15) is 0 Å². The number of alkyl halides is 1. The third kappa shape index (κ3) is 2.42. The summed E-state index contributed by atoms with van der Waals surface area (Å²) in [7, 11) is 1.91. The lowest BCUT2D eigenvalue weighted by atomic mass is 10.3. The van der Waals surface area contributed by atoms with Gasteiger partial charge in [0.25, 0.3) is 0 Å². The number of imidazole rings is 1. The van der Waals surface area contributed by atoms with Crippen LogP contribution in [0.1, 0.15) is 35.5 Å². The largest absolute Gasteiger partial charge is 0.340 e. The monoisotopic (exact) mass is 308 g/mol.